The highest BCUT2D eigenvalue weighted by Gasteiger charge is 2.19. The van der Waals surface area contributed by atoms with Gasteiger partial charge in [-0.1, -0.05) is 24.8 Å². The summed E-state index contributed by atoms with van der Waals surface area (Å²) in [5.41, 5.74) is 3.29. The van der Waals surface area contributed by atoms with E-state index in [2.05, 4.69) is 16.4 Å². The van der Waals surface area contributed by atoms with E-state index in [4.69, 9.17) is 4.74 Å². The maximum atomic E-state index is 11.3. The molecule has 21 heavy (non-hydrogen) atoms. The van der Waals surface area contributed by atoms with Crippen molar-refractivity contribution < 1.29 is 14.3 Å². The average Bonchev–Trinajstić information content (AvgIpc) is 2.82. The van der Waals surface area contributed by atoms with Crippen molar-refractivity contribution in [3.63, 3.8) is 0 Å². The second-order valence-corrected chi connectivity index (χ2v) is 4.66. The summed E-state index contributed by atoms with van der Waals surface area (Å²) in [5, 5.41) is 4.48. The van der Waals surface area contributed by atoms with Crippen molar-refractivity contribution in [3.8, 4) is 11.6 Å². The minimum atomic E-state index is -0.443. The van der Waals surface area contributed by atoms with E-state index in [1.54, 1.807) is 4.68 Å². The van der Waals surface area contributed by atoms with Crippen LogP contribution in [0.15, 0.2) is 36.9 Å². The normalized spacial score (nSPS) is 10.2. The van der Waals surface area contributed by atoms with Gasteiger partial charge in [-0.05, 0) is 31.6 Å². The first-order valence-electron chi connectivity index (χ1n) is 6.55. The van der Waals surface area contributed by atoms with Crippen molar-refractivity contribution in [3.05, 3.63) is 48.2 Å². The number of aryl methyl sites for hydroxylation is 1. The lowest BCUT2D eigenvalue weighted by Gasteiger charge is -2.10. The number of hydrogen-bond acceptors (Lipinski definition) is 4. The predicted octanol–water partition coefficient (Wildman–Crippen LogP) is 2.77. The number of benzene rings is 1. The third kappa shape index (κ3) is 3.13. The van der Waals surface area contributed by atoms with Crippen molar-refractivity contribution in [2.45, 2.75) is 13.8 Å². The molecular formula is C16H18N2O3. The molecule has 0 aliphatic rings. The number of ether oxygens (including phenoxy) is 2. The molecule has 0 aliphatic heterocycles. The summed E-state index contributed by atoms with van der Waals surface area (Å²) in [4.78, 5) is 11.3. The SMILES string of the molecule is C=C(C)c1c(C)nn(-c2ccccc2)c1OCC(=O)OC. The molecule has 1 aromatic heterocycles. The topological polar surface area (TPSA) is 53.4 Å². The third-order valence-electron chi connectivity index (χ3n) is 3.00. The van der Waals surface area contributed by atoms with Crippen molar-refractivity contribution in [2.24, 2.45) is 0 Å². The van der Waals surface area contributed by atoms with Crippen LogP contribution in [0.5, 0.6) is 5.88 Å². The molecule has 0 bridgehead atoms. The maximum absolute atomic E-state index is 11.3. The smallest absolute Gasteiger partial charge is 0.343 e. The molecule has 0 saturated carbocycles. The number of carbonyl (C=O) groups excluding carboxylic acids is 1. The van der Waals surface area contributed by atoms with Gasteiger partial charge in [0.25, 0.3) is 0 Å². The Balaban J connectivity index is 2.47. The number of esters is 1. The maximum Gasteiger partial charge on any atom is 0.343 e. The highest BCUT2D eigenvalue weighted by atomic mass is 16.6. The van der Waals surface area contributed by atoms with Gasteiger partial charge < -0.3 is 9.47 Å². The summed E-state index contributed by atoms with van der Waals surface area (Å²) in [7, 11) is 1.32. The Bertz CT molecular complexity index is 660. The van der Waals surface area contributed by atoms with E-state index in [0.717, 1.165) is 22.5 Å². The van der Waals surface area contributed by atoms with Crippen LogP contribution in [0.4, 0.5) is 0 Å². The van der Waals surface area contributed by atoms with Gasteiger partial charge in [0.2, 0.25) is 5.88 Å². The first kappa shape index (κ1) is 14.8. The minimum Gasteiger partial charge on any atom is -0.466 e. The van der Waals surface area contributed by atoms with Crippen LogP contribution < -0.4 is 4.74 Å². The van der Waals surface area contributed by atoms with E-state index in [0.29, 0.717) is 5.88 Å². The summed E-state index contributed by atoms with van der Waals surface area (Å²) in [6, 6.07) is 9.58. The van der Waals surface area contributed by atoms with Crippen LogP contribution in [0.3, 0.4) is 0 Å². The molecule has 5 heteroatoms. The minimum absolute atomic E-state index is 0.172. The van der Waals surface area contributed by atoms with Crippen LogP contribution in [0.25, 0.3) is 11.3 Å². The van der Waals surface area contributed by atoms with E-state index in [-0.39, 0.29) is 6.61 Å². The van der Waals surface area contributed by atoms with Crippen LogP contribution in [-0.2, 0) is 9.53 Å². The highest BCUT2D eigenvalue weighted by Crippen LogP contribution is 2.30. The number of para-hydroxylation sites is 1. The standard InChI is InChI=1S/C16H18N2O3/c1-11(2)15-12(3)17-18(13-8-6-5-7-9-13)16(15)21-10-14(19)20-4/h5-9H,1,10H2,2-4H3. The molecular weight excluding hydrogens is 268 g/mol. The lowest BCUT2D eigenvalue weighted by atomic mass is 10.1. The van der Waals surface area contributed by atoms with Gasteiger partial charge in [-0.2, -0.15) is 5.10 Å². The molecule has 0 spiro atoms. The number of rotatable bonds is 5. The van der Waals surface area contributed by atoms with Crippen LogP contribution in [0, 0.1) is 6.92 Å². The van der Waals surface area contributed by atoms with Gasteiger partial charge in [0.05, 0.1) is 24.1 Å². The Labute approximate surface area is 123 Å². The van der Waals surface area contributed by atoms with E-state index >= 15 is 0 Å². The number of allylic oxidation sites excluding steroid dienone is 1. The number of methoxy groups -OCH3 is 1. The third-order valence-corrected chi connectivity index (χ3v) is 3.00. The van der Waals surface area contributed by atoms with Crippen LogP contribution in [0.1, 0.15) is 18.2 Å². The molecule has 0 N–H and O–H groups in total. The first-order chi connectivity index (χ1) is 10.0. The predicted molar refractivity (Wildman–Crippen MR) is 80.5 cm³/mol. The molecule has 0 radical (unpaired) electrons. The molecule has 0 atom stereocenters. The second kappa shape index (κ2) is 6.26. The number of aromatic nitrogens is 2. The molecule has 110 valence electrons. The van der Waals surface area contributed by atoms with Gasteiger partial charge in [0, 0.05) is 0 Å². The molecule has 0 unspecified atom stereocenters. The lowest BCUT2D eigenvalue weighted by molar-refractivity contribution is -0.143. The van der Waals surface area contributed by atoms with Gasteiger partial charge in [-0.15, -0.1) is 0 Å². The zero-order valence-corrected chi connectivity index (χ0v) is 12.4. The van der Waals surface area contributed by atoms with Crippen molar-refractivity contribution in [1.82, 2.24) is 9.78 Å². The molecule has 2 aromatic rings. The Kier molecular flexibility index (Phi) is 4.42. The van der Waals surface area contributed by atoms with Gasteiger partial charge >= 0.3 is 5.97 Å². The van der Waals surface area contributed by atoms with Crippen molar-refractivity contribution in [1.29, 1.82) is 0 Å². The van der Waals surface area contributed by atoms with E-state index in [9.17, 15) is 4.79 Å². The Hall–Kier alpha value is -2.56. The van der Waals surface area contributed by atoms with E-state index in [1.807, 2.05) is 44.2 Å². The molecule has 1 heterocycles. The zero-order chi connectivity index (χ0) is 15.4. The zero-order valence-electron chi connectivity index (χ0n) is 12.4. The van der Waals surface area contributed by atoms with Gasteiger partial charge in [-0.25, -0.2) is 9.48 Å². The van der Waals surface area contributed by atoms with E-state index in [1.165, 1.54) is 7.11 Å². The second-order valence-electron chi connectivity index (χ2n) is 4.66. The van der Waals surface area contributed by atoms with Crippen LogP contribution >= 0.6 is 0 Å². The van der Waals surface area contributed by atoms with E-state index < -0.39 is 5.97 Å². The summed E-state index contributed by atoms with van der Waals surface area (Å²) in [6.07, 6.45) is 0. The largest absolute Gasteiger partial charge is 0.466 e. The molecule has 1 aromatic carbocycles. The molecule has 0 saturated heterocycles. The monoisotopic (exact) mass is 286 g/mol. The highest BCUT2D eigenvalue weighted by molar-refractivity contribution is 5.72. The van der Waals surface area contributed by atoms with Gasteiger partial charge in [0.1, 0.15) is 0 Å². The fourth-order valence-electron chi connectivity index (χ4n) is 2.06. The molecule has 0 fully saturated rings. The first-order valence-corrected chi connectivity index (χ1v) is 6.55. The van der Waals surface area contributed by atoms with Crippen molar-refractivity contribution >= 4 is 11.5 Å². The molecule has 0 amide bonds. The van der Waals surface area contributed by atoms with Crippen molar-refractivity contribution in [2.75, 3.05) is 13.7 Å². The number of nitrogens with zero attached hydrogens (tertiary/aromatic N) is 2. The average molecular weight is 286 g/mol. The number of carbonyl (C=O) groups is 1. The fraction of sp³-hybridized carbons (Fsp3) is 0.250. The molecule has 5 nitrogen and oxygen atoms in total. The number of hydrogen-bond donors (Lipinski definition) is 0. The summed E-state index contributed by atoms with van der Waals surface area (Å²) >= 11 is 0. The quantitative estimate of drug-likeness (QED) is 0.793. The Morgan fingerprint density at radius 3 is 2.57 bits per heavy atom. The Morgan fingerprint density at radius 2 is 2.00 bits per heavy atom. The van der Waals surface area contributed by atoms with Gasteiger partial charge in [0.15, 0.2) is 6.61 Å². The van der Waals surface area contributed by atoms with Crippen LogP contribution in [-0.4, -0.2) is 29.5 Å². The summed E-state index contributed by atoms with van der Waals surface area (Å²) < 4.78 is 11.9. The van der Waals surface area contributed by atoms with Gasteiger partial charge in [-0.3, -0.25) is 0 Å². The summed E-state index contributed by atoms with van der Waals surface area (Å²) in [5.74, 6) is 0.0535. The molecule has 2 rings (SSSR count). The fourth-order valence-corrected chi connectivity index (χ4v) is 2.06. The van der Waals surface area contributed by atoms with Crippen LogP contribution in [0.2, 0.25) is 0 Å². The molecule has 0 aliphatic carbocycles. The summed E-state index contributed by atoms with van der Waals surface area (Å²) in [6.45, 7) is 7.54. The Morgan fingerprint density at radius 1 is 1.33 bits per heavy atom. The lowest BCUT2D eigenvalue weighted by Crippen LogP contribution is -2.15.